The SMILES string of the molecule is CCC/N=C(\C)C(CC)C(C)=O. The van der Waals surface area contributed by atoms with Crippen LogP contribution in [-0.4, -0.2) is 18.0 Å². The average molecular weight is 169 g/mol. The number of ketones is 1. The summed E-state index contributed by atoms with van der Waals surface area (Å²) in [4.78, 5) is 15.4. The predicted molar refractivity (Wildman–Crippen MR) is 52.7 cm³/mol. The molecule has 0 aromatic rings. The molecule has 0 spiro atoms. The number of rotatable bonds is 5. The molecule has 0 N–H and O–H groups in total. The summed E-state index contributed by atoms with van der Waals surface area (Å²) in [6.45, 7) is 8.54. The number of carbonyl (C=O) groups excluding carboxylic acids is 1. The third kappa shape index (κ3) is 3.65. The molecule has 0 bridgehead atoms. The molecular formula is C10H19NO. The van der Waals surface area contributed by atoms with E-state index in [0.29, 0.717) is 0 Å². The molecule has 12 heavy (non-hydrogen) atoms. The quantitative estimate of drug-likeness (QED) is 0.581. The molecule has 70 valence electrons. The fraction of sp³-hybridized carbons (Fsp3) is 0.800. The maximum atomic E-state index is 11.1. The highest BCUT2D eigenvalue weighted by atomic mass is 16.1. The molecule has 1 atom stereocenters. The van der Waals surface area contributed by atoms with Crippen LogP contribution < -0.4 is 0 Å². The lowest BCUT2D eigenvalue weighted by Crippen LogP contribution is -2.18. The van der Waals surface area contributed by atoms with Crippen LogP contribution in [0.3, 0.4) is 0 Å². The van der Waals surface area contributed by atoms with Crippen LogP contribution in [0, 0.1) is 5.92 Å². The van der Waals surface area contributed by atoms with Crippen molar-refractivity contribution in [2.75, 3.05) is 6.54 Å². The van der Waals surface area contributed by atoms with Crippen LogP contribution in [0.25, 0.3) is 0 Å². The zero-order chi connectivity index (χ0) is 9.56. The van der Waals surface area contributed by atoms with E-state index in [9.17, 15) is 4.79 Å². The van der Waals surface area contributed by atoms with E-state index >= 15 is 0 Å². The zero-order valence-electron chi connectivity index (χ0n) is 8.55. The van der Waals surface area contributed by atoms with Gasteiger partial charge in [-0.25, -0.2) is 0 Å². The Bertz CT molecular complexity index is 173. The molecule has 2 nitrogen and oxygen atoms in total. The normalized spacial score (nSPS) is 14.5. The first kappa shape index (κ1) is 11.3. The van der Waals surface area contributed by atoms with Crippen molar-refractivity contribution < 1.29 is 4.79 Å². The summed E-state index contributed by atoms with van der Waals surface area (Å²) < 4.78 is 0. The van der Waals surface area contributed by atoms with Gasteiger partial charge in [-0.2, -0.15) is 0 Å². The van der Waals surface area contributed by atoms with E-state index in [1.165, 1.54) is 0 Å². The standard InChI is InChI=1S/C10H19NO/c1-5-7-11-8(3)10(6-2)9(4)12/h10H,5-7H2,1-4H3/b11-8+. The third-order valence-electron chi connectivity index (χ3n) is 1.99. The van der Waals surface area contributed by atoms with Crippen molar-refractivity contribution in [2.45, 2.75) is 40.5 Å². The fourth-order valence-electron chi connectivity index (χ4n) is 1.28. The predicted octanol–water partition coefficient (Wildman–Crippen LogP) is 2.47. The Labute approximate surface area is 75.1 Å². The Kier molecular flexibility index (Phi) is 5.60. The van der Waals surface area contributed by atoms with Gasteiger partial charge in [0.2, 0.25) is 0 Å². The molecule has 0 aliphatic rings. The average Bonchev–Trinajstić information content (AvgIpc) is 2.01. The minimum atomic E-state index is 0.0524. The van der Waals surface area contributed by atoms with E-state index in [2.05, 4.69) is 11.9 Å². The van der Waals surface area contributed by atoms with Gasteiger partial charge in [-0.05, 0) is 26.7 Å². The van der Waals surface area contributed by atoms with Gasteiger partial charge in [-0.3, -0.25) is 9.79 Å². The van der Waals surface area contributed by atoms with Crippen LogP contribution in [-0.2, 0) is 4.79 Å². The smallest absolute Gasteiger partial charge is 0.138 e. The Morgan fingerprint density at radius 3 is 2.25 bits per heavy atom. The molecule has 0 radical (unpaired) electrons. The van der Waals surface area contributed by atoms with Crippen LogP contribution in [0.15, 0.2) is 4.99 Å². The Morgan fingerprint density at radius 2 is 1.92 bits per heavy atom. The molecule has 0 aliphatic carbocycles. The van der Waals surface area contributed by atoms with Gasteiger partial charge in [0.15, 0.2) is 0 Å². The summed E-state index contributed by atoms with van der Waals surface area (Å²) in [5, 5.41) is 0. The van der Waals surface area contributed by atoms with Gasteiger partial charge in [0.1, 0.15) is 5.78 Å². The van der Waals surface area contributed by atoms with Gasteiger partial charge in [0.05, 0.1) is 5.92 Å². The van der Waals surface area contributed by atoms with E-state index in [1.54, 1.807) is 6.92 Å². The van der Waals surface area contributed by atoms with Crippen LogP contribution in [0.2, 0.25) is 0 Å². The van der Waals surface area contributed by atoms with E-state index in [4.69, 9.17) is 0 Å². The number of nitrogens with zero attached hydrogens (tertiary/aromatic N) is 1. The highest BCUT2D eigenvalue weighted by molar-refractivity contribution is 6.02. The zero-order valence-corrected chi connectivity index (χ0v) is 8.55. The minimum absolute atomic E-state index is 0.0524. The molecule has 0 aromatic heterocycles. The Morgan fingerprint density at radius 1 is 1.33 bits per heavy atom. The third-order valence-corrected chi connectivity index (χ3v) is 1.99. The molecule has 0 aliphatic heterocycles. The van der Waals surface area contributed by atoms with Crippen molar-refractivity contribution >= 4 is 11.5 Å². The van der Waals surface area contributed by atoms with Gasteiger partial charge in [0.25, 0.3) is 0 Å². The molecule has 1 unspecified atom stereocenters. The molecule has 0 rings (SSSR count). The molecular weight excluding hydrogens is 150 g/mol. The first-order valence-electron chi connectivity index (χ1n) is 4.64. The summed E-state index contributed by atoms with van der Waals surface area (Å²) >= 11 is 0. The Balaban J connectivity index is 4.20. The van der Waals surface area contributed by atoms with E-state index in [0.717, 1.165) is 25.1 Å². The number of hydrogen-bond donors (Lipinski definition) is 0. The Hall–Kier alpha value is -0.660. The van der Waals surface area contributed by atoms with E-state index < -0.39 is 0 Å². The maximum absolute atomic E-state index is 11.1. The van der Waals surface area contributed by atoms with Gasteiger partial charge < -0.3 is 0 Å². The summed E-state index contributed by atoms with van der Waals surface area (Å²) in [5.41, 5.74) is 0.992. The second-order valence-corrected chi connectivity index (χ2v) is 3.09. The molecule has 0 heterocycles. The second-order valence-electron chi connectivity index (χ2n) is 3.09. The van der Waals surface area contributed by atoms with Crippen molar-refractivity contribution in [2.24, 2.45) is 10.9 Å². The highest BCUT2D eigenvalue weighted by Crippen LogP contribution is 2.06. The van der Waals surface area contributed by atoms with Crippen LogP contribution in [0.4, 0.5) is 0 Å². The summed E-state index contributed by atoms with van der Waals surface area (Å²) in [5.74, 6) is 0.284. The number of carbonyl (C=O) groups is 1. The van der Waals surface area contributed by atoms with Crippen LogP contribution in [0.5, 0.6) is 0 Å². The summed E-state index contributed by atoms with van der Waals surface area (Å²) in [6.07, 6.45) is 1.92. The van der Waals surface area contributed by atoms with E-state index in [-0.39, 0.29) is 11.7 Å². The molecule has 0 saturated heterocycles. The van der Waals surface area contributed by atoms with Crippen molar-refractivity contribution in [3.63, 3.8) is 0 Å². The molecule has 2 heteroatoms. The van der Waals surface area contributed by atoms with Crippen molar-refractivity contribution in [3.8, 4) is 0 Å². The van der Waals surface area contributed by atoms with Gasteiger partial charge >= 0.3 is 0 Å². The first-order chi connectivity index (χ1) is 5.63. The molecule has 0 saturated carbocycles. The number of Topliss-reactive ketones (excluding diaryl/α,β-unsaturated/α-hetero) is 1. The maximum Gasteiger partial charge on any atom is 0.138 e. The summed E-state index contributed by atoms with van der Waals surface area (Å²) in [7, 11) is 0. The van der Waals surface area contributed by atoms with Gasteiger partial charge in [0, 0.05) is 12.3 Å². The van der Waals surface area contributed by atoms with Gasteiger partial charge in [-0.15, -0.1) is 0 Å². The molecule has 0 aromatic carbocycles. The monoisotopic (exact) mass is 169 g/mol. The van der Waals surface area contributed by atoms with Crippen LogP contribution in [0.1, 0.15) is 40.5 Å². The second kappa shape index (κ2) is 5.92. The summed E-state index contributed by atoms with van der Waals surface area (Å²) in [6, 6.07) is 0. The number of hydrogen-bond acceptors (Lipinski definition) is 2. The van der Waals surface area contributed by atoms with Crippen molar-refractivity contribution in [3.05, 3.63) is 0 Å². The minimum Gasteiger partial charge on any atom is -0.299 e. The lowest BCUT2D eigenvalue weighted by atomic mass is 9.97. The first-order valence-corrected chi connectivity index (χ1v) is 4.64. The van der Waals surface area contributed by atoms with E-state index in [1.807, 2.05) is 13.8 Å². The lowest BCUT2D eigenvalue weighted by molar-refractivity contribution is -0.118. The molecule has 0 fully saturated rings. The van der Waals surface area contributed by atoms with Crippen molar-refractivity contribution in [1.29, 1.82) is 0 Å². The molecule has 0 amide bonds. The van der Waals surface area contributed by atoms with Crippen LogP contribution >= 0.6 is 0 Å². The highest BCUT2D eigenvalue weighted by Gasteiger charge is 2.14. The lowest BCUT2D eigenvalue weighted by Gasteiger charge is -2.10. The number of aliphatic imine (C=N–C) groups is 1. The fourth-order valence-corrected chi connectivity index (χ4v) is 1.28. The largest absolute Gasteiger partial charge is 0.299 e. The van der Waals surface area contributed by atoms with Crippen molar-refractivity contribution in [1.82, 2.24) is 0 Å². The van der Waals surface area contributed by atoms with Gasteiger partial charge in [-0.1, -0.05) is 13.8 Å². The topological polar surface area (TPSA) is 29.4 Å².